The van der Waals surface area contributed by atoms with E-state index in [0.717, 1.165) is 43.3 Å². The van der Waals surface area contributed by atoms with Crippen molar-refractivity contribution in [3.8, 4) is 17.2 Å². The highest BCUT2D eigenvalue weighted by molar-refractivity contribution is 5.41. The Labute approximate surface area is 174 Å². The minimum Gasteiger partial charge on any atom is -0.504 e. The Morgan fingerprint density at radius 2 is 1.69 bits per heavy atom. The van der Waals surface area contributed by atoms with Gasteiger partial charge >= 0.3 is 0 Å². The fourth-order valence-electron chi connectivity index (χ4n) is 4.02. The van der Waals surface area contributed by atoms with Crippen molar-refractivity contribution in [2.45, 2.75) is 25.8 Å². The number of piperidine rings is 1. The summed E-state index contributed by atoms with van der Waals surface area (Å²) in [6, 6.07) is 14.1. The van der Waals surface area contributed by atoms with Gasteiger partial charge in [0, 0.05) is 19.6 Å². The Kier molecular flexibility index (Phi) is 7.78. The first kappa shape index (κ1) is 21.5. The van der Waals surface area contributed by atoms with E-state index < -0.39 is 0 Å². The van der Waals surface area contributed by atoms with E-state index in [9.17, 15) is 5.11 Å². The minimum atomic E-state index is 0.208. The average Bonchev–Trinajstić information content (AvgIpc) is 2.74. The van der Waals surface area contributed by atoms with Crippen molar-refractivity contribution in [2.75, 3.05) is 47.4 Å². The fourth-order valence-corrected chi connectivity index (χ4v) is 4.02. The molecule has 0 amide bonds. The van der Waals surface area contributed by atoms with Crippen molar-refractivity contribution in [3.63, 3.8) is 0 Å². The van der Waals surface area contributed by atoms with Gasteiger partial charge in [-0.25, -0.2) is 0 Å². The van der Waals surface area contributed by atoms with Crippen LogP contribution in [0.25, 0.3) is 0 Å². The lowest BCUT2D eigenvalue weighted by Crippen LogP contribution is -2.37. The lowest BCUT2D eigenvalue weighted by molar-refractivity contribution is 0.157. The first-order valence-corrected chi connectivity index (χ1v) is 10.5. The summed E-state index contributed by atoms with van der Waals surface area (Å²) in [5, 5.41) is 10.2. The quantitative estimate of drug-likeness (QED) is 0.696. The standard InChI is InChI=1S/C24H34N2O3/c1-25-13-10-20(11-14-25)17-26(15-12-19-4-7-22(28-2)8-5-19)18-21-6-9-24(29-3)23(27)16-21/h4-9,16,20,27H,10-15,17-18H2,1-3H3. The highest BCUT2D eigenvalue weighted by Crippen LogP contribution is 2.27. The Morgan fingerprint density at radius 1 is 1.00 bits per heavy atom. The van der Waals surface area contributed by atoms with Gasteiger partial charge in [0.15, 0.2) is 11.5 Å². The maximum absolute atomic E-state index is 10.2. The number of ether oxygens (including phenoxy) is 2. The Bertz CT molecular complexity index is 755. The predicted octanol–water partition coefficient (Wildman–Crippen LogP) is 3.80. The smallest absolute Gasteiger partial charge is 0.160 e. The van der Waals surface area contributed by atoms with E-state index in [1.165, 1.54) is 31.5 Å². The molecule has 0 atom stereocenters. The lowest BCUT2D eigenvalue weighted by Gasteiger charge is -2.33. The summed E-state index contributed by atoms with van der Waals surface area (Å²) in [4.78, 5) is 4.95. The maximum Gasteiger partial charge on any atom is 0.160 e. The van der Waals surface area contributed by atoms with Crippen LogP contribution < -0.4 is 9.47 Å². The number of phenolic OH excluding ortho intramolecular Hbond substituents is 1. The summed E-state index contributed by atoms with van der Waals surface area (Å²) < 4.78 is 10.4. The minimum absolute atomic E-state index is 0.208. The number of methoxy groups -OCH3 is 2. The van der Waals surface area contributed by atoms with Crippen LogP contribution in [0, 0.1) is 5.92 Å². The maximum atomic E-state index is 10.2. The molecule has 0 aliphatic carbocycles. The van der Waals surface area contributed by atoms with Crippen molar-refractivity contribution in [3.05, 3.63) is 53.6 Å². The Morgan fingerprint density at radius 3 is 2.31 bits per heavy atom. The monoisotopic (exact) mass is 398 g/mol. The van der Waals surface area contributed by atoms with Gasteiger partial charge in [0.05, 0.1) is 14.2 Å². The first-order chi connectivity index (χ1) is 14.1. The zero-order chi connectivity index (χ0) is 20.6. The molecular weight excluding hydrogens is 364 g/mol. The van der Waals surface area contributed by atoms with Crippen LogP contribution in [0.2, 0.25) is 0 Å². The number of benzene rings is 2. The molecule has 5 nitrogen and oxygen atoms in total. The number of rotatable bonds is 9. The molecule has 0 unspecified atom stereocenters. The van der Waals surface area contributed by atoms with E-state index >= 15 is 0 Å². The molecule has 1 fully saturated rings. The van der Waals surface area contributed by atoms with Crippen LogP contribution in [-0.4, -0.2) is 62.4 Å². The van der Waals surface area contributed by atoms with Gasteiger partial charge in [0.25, 0.3) is 0 Å². The molecule has 29 heavy (non-hydrogen) atoms. The van der Waals surface area contributed by atoms with Crippen molar-refractivity contribution in [2.24, 2.45) is 5.92 Å². The topological polar surface area (TPSA) is 45.2 Å². The second-order valence-electron chi connectivity index (χ2n) is 8.09. The van der Waals surface area contributed by atoms with Gasteiger partial charge in [-0.15, -0.1) is 0 Å². The van der Waals surface area contributed by atoms with Gasteiger partial charge in [-0.2, -0.15) is 0 Å². The second-order valence-corrected chi connectivity index (χ2v) is 8.09. The van der Waals surface area contributed by atoms with Gasteiger partial charge in [0.2, 0.25) is 0 Å². The molecule has 0 radical (unpaired) electrons. The van der Waals surface area contributed by atoms with Crippen LogP contribution in [0.5, 0.6) is 17.2 Å². The predicted molar refractivity (Wildman–Crippen MR) is 117 cm³/mol. The van der Waals surface area contributed by atoms with Crippen molar-refractivity contribution >= 4 is 0 Å². The van der Waals surface area contributed by atoms with Gasteiger partial charge in [-0.1, -0.05) is 18.2 Å². The molecule has 1 aliphatic heterocycles. The fraction of sp³-hybridized carbons (Fsp3) is 0.500. The van der Waals surface area contributed by atoms with E-state index in [-0.39, 0.29) is 5.75 Å². The van der Waals surface area contributed by atoms with E-state index in [1.54, 1.807) is 14.2 Å². The van der Waals surface area contributed by atoms with Crippen LogP contribution in [0.4, 0.5) is 0 Å². The van der Waals surface area contributed by atoms with Gasteiger partial charge in [-0.05, 0) is 80.7 Å². The summed E-state index contributed by atoms with van der Waals surface area (Å²) in [5.41, 5.74) is 2.43. The van der Waals surface area contributed by atoms with E-state index in [4.69, 9.17) is 9.47 Å². The van der Waals surface area contributed by atoms with Gasteiger partial charge in [-0.3, -0.25) is 4.90 Å². The molecule has 0 spiro atoms. The SMILES string of the molecule is COc1ccc(CCN(Cc2ccc(OC)c(O)c2)CC2CCN(C)CC2)cc1. The molecule has 5 heteroatoms. The summed E-state index contributed by atoms with van der Waals surface area (Å²) >= 11 is 0. The Balaban J connectivity index is 1.65. The van der Waals surface area contributed by atoms with Gasteiger partial charge in [0.1, 0.15) is 5.75 Å². The normalized spacial score (nSPS) is 15.6. The first-order valence-electron chi connectivity index (χ1n) is 10.5. The molecule has 3 rings (SSSR count). The molecule has 1 N–H and O–H groups in total. The molecule has 0 aromatic heterocycles. The average molecular weight is 399 g/mol. The molecule has 2 aromatic rings. The number of nitrogens with zero attached hydrogens (tertiary/aromatic N) is 2. The second kappa shape index (κ2) is 10.5. The molecule has 158 valence electrons. The van der Waals surface area contributed by atoms with Crippen LogP contribution in [0.15, 0.2) is 42.5 Å². The summed E-state index contributed by atoms with van der Waals surface area (Å²) in [5.74, 6) is 2.35. The number of hydrogen-bond donors (Lipinski definition) is 1. The molecule has 2 aromatic carbocycles. The Hall–Kier alpha value is -2.24. The van der Waals surface area contributed by atoms with E-state index in [1.807, 2.05) is 30.3 Å². The van der Waals surface area contributed by atoms with Gasteiger partial charge < -0.3 is 19.5 Å². The molecule has 1 aliphatic rings. The number of likely N-dealkylation sites (tertiary alicyclic amines) is 1. The molecule has 1 saturated heterocycles. The summed E-state index contributed by atoms with van der Waals surface area (Å²) in [7, 11) is 5.48. The van der Waals surface area contributed by atoms with E-state index in [2.05, 4.69) is 29.0 Å². The van der Waals surface area contributed by atoms with Crippen LogP contribution in [0.3, 0.4) is 0 Å². The third kappa shape index (κ3) is 6.38. The highest BCUT2D eigenvalue weighted by Gasteiger charge is 2.20. The number of phenols is 1. The zero-order valence-corrected chi connectivity index (χ0v) is 17.9. The third-order valence-corrected chi connectivity index (χ3v) is 5.88. The molecule has 0 bridgehead atoms. The summed E-state index contributed by atoms with van der Waals surface area (Å²) in [6.07, 6.45) is 3.51. The van der Waals surface area contributed by atoms with Crippen LogP contribution in [0.1, 0.15) is 24.0 Å². The third-order valence-electron chi connectivity index (χ3n) is 5.88. The van der Waals surface area contributed by atoms with E-state index in [0.29, 0.717) is 5.75 Å². The molecule has 1 heterocycles. The molecule has 0 saturated carbocycles. The van der Waals surface area contributed by atoms with Crippen molar-refractivity contribution in [1.82, 2.24) is 9.80 Å². The highest BCUT2D eigenvalue weighted by atomic mass is 16.5. The van der Waals surface area contributed by atoms with Crippen molar-refractivity contribution in [1.29, 1.82) is 0 Å². The number of hydrogen-bond acceptors (Lipinski definition) is 5. The lowest BCUT2D eigenvalue weighted by atomic mass is 9.96. The van der Waals surface area contributed by atoms with Crippen molar-refractivity contribution < 1.29 is 14.6 Å². The zero-order valence-electron chi connectivity index (χ0n) is 17.9. The number of aromatic hydroxyl groups is 1. The summed E-state index contributed by atoms with van der Waals surface area (Å²) in [6.45, 7) is 5.28. The van der Waals surface area contributed by atoms with Crippen LogP contribution in [-0.2, 0) is 13.0 Å². The van der Waals surface area contributed by atoms with Crippen LogP contribution >= 0.6 is 0 Å². The molecular formula is C24H34N2O3. The largest absolute Gasteiger partial charge is 0.504 e.